The highest BCUT2D eigenvalue weighted by Crippen LogP contribution is 2.20. The van der Waals surface area contributed by atoms with Crippen LogP contribution in [-0.2, 0) is 16.1 Å². The largest absolute Gasteiger partial charge is 0.333 e. The molecule has 0 saturated carbocycles. The molecule has 0 aromatic heterocycles. The van der Waals surface area contributed by atoms with Crippen molar-refractivity contribution >= 4 is 29.1 Å². The minimum Gasteiger partial charge on any atom is -0.333 e. The van der Waals surface area contributed by atoms with E-state index in [9.17, 15) is 9.59 Å². The first-order valence-corrected chi connectivity index (χ1v) is 7.21. The minimum absolute atomic E-state index is 0.377. The molecule has 0 aliphatic heterocycles. The molecule has 0 aliphatic carbocycles. The number of nitrogens with one attached hydrogen (secondary N) is 1. The fourth-order valence-electron chi connectivity index (χ4n) is 2.01. The summed E-state index contributed by atoms with van der Waals surface area (Å²) < 4.78 is 0. The maximum atomic E-state index is 12.1. The monoisotopic (exact) mass is 316 g/mol. The Labute approximate surface area is 134 Å². The molecule has 0 unspecified atom stereocenters. The van der Waals surface area contributed by atoms with Crippen LogP contribution in [0.15, 0.2) is 48.5 Å². The second-order valence-corrected chi connectivity index (χ2v) is 5.50. The van der Waals surface area contributed by atoms with E-state index in [4.69, 9.17) is 11.6 Å². The molecule has 0 aliphatic rings. The number of halogens is 1. The molecule has 2 rings (SSSR count). The van der Waals surface area contributed by atoms with Crippen molar-refractivity contribution in [2.75, 3.05) is 12.4 Å². The van der Waals surface area contributed by atoms with E-state index < -0.39 is 11.8 Å². The second kappa shape index (κ2) is 7.09. The van der Waals surface area contributed by atoms with Gasteiger partial charge in [-0.3, -0.25) is 9.59 Å². The van der Waals surface area contributed by atoms with Gasteiger partial charge in [0.05, 0.1) is 0 Å². The van der Waals surface area contributed by atoms with Crippen LogP contribution in [0.5, 0.6) is 0 Å². The number of benzene rings is 2. The zero-order chi connectivity index (χ0) is 16.1. The van der Waals surface area contributed by atoms with Crippen molar-refractivity contribution in [2.45, 2.75) is 13.5 Å². The number of likely N-dealkylation sites (N-methyl/N-ethyl adjacent to an activating group) is 1. The van der Waals surface area contributed by atoms with Crippen molar-refractivity contribution in [3.63, 3.8) is 0 Å². The van der Waals surface area contributed by atoms with Gasteiger partial charge in [0.1, 0.15) is 0 Å². The normalized spacial score (nSPS) is 10.1. The molecule has 0 saturated heterocycles. The van der Waals surface area contributed by atoms with Gasteiger partial charge >= 0.3 is 11.8 Å². The Bertz CT molecular complexity index is 686. The van der Waals surface area contributed by atoms with Gasteiger partial charge in [-0.15, -0.1) is 0 Å². The van der Waals surface area contributed by atoms with Crippen LogP contribution in [0.4, 0.5) is 5.69 Å². The molecule has 0 bridgehead atoms. The van der Waals surface area contributed by atoms with E-state index in [2.05, 4.69) is 5.32 Å². The maximum absolute atomic E-state index is 12.1. The first-order chi connectivity index (χ1) is 10.5. The molecule has 4 nitrogen and oxygen atoms in total. The number of rotatable bonds is 3. The van der Waals surface area contributed by atoms with Crippen LogP contribution in [0.25, 0.3) is 0 Å². The average Bonchev–Trinajstić information content (AvgIpc) is 2.51. The average molecular weight is 317 g/mol. The lowest BCUT2D eigenvalue weighted by Crippen LogP contribution is -2.36. The molecule has 2 amide bonds. The number of hydrogen-bond donors (Lipinski definition) is 1. The Morgan fingerprint density at radius 1 is 1.14 bits per heavy atom. The summed E-state index contributed by atoms with van der Waals surface area (Å²) >= 11 is 5.90. The lowest BCUT2D eigenvalue weighted by molar-refractivity contribution is -0.142. The van der Waals surface area contributed by atoms with Crippen LogP contribution < -0.4 is 5.32 Å². The first kappa shape index (κ1) is 16.0. The molecular weight excluding hydrogens is 300 g/mol. The summed E-state index contributed by atoms with van der Waals surface area (Å²) in [5.41, 5.74) is 2.35. The molecule has 2 aromatic rings. The number of anilines is 1. The standard InChI is InChI=1S/C17H17ClN2O2/c1-12-8-9-14(18)10-15(12)19-16(21)17(22)20(2)11-13-6-4-3-5-7-13/h3-10H,11H2,1-2H3,(H,19,21). The fraction of sp³-hybridized carbons (Fsp3) is 0.176. The molecule has 1 N–H and O–H groups in total. The van der Waals surface area contributed by atoms with Crippen molar-refractivity contribution in [2.24, 2.45) is 0 Å². The number of hydrogen-bond acceptors (Lipinski definition) is 2. The van der Waals surface area contributed by atoms with E-state index in [0.29, 0.717) is 17.3 Å². The van der Waals surface area contributed by atoms with Gasteiger partial charge in [-0.1, -0.05) is 48.0 Å². The zero-order valence-corrected chi connectivity index (χ0v) is 13.2. The number of carbonyl (C=O) groups is 2. The number of aryl methyl sites for hydroxylation is 1. The van der Waals surface area contributed by atoms with Crippen molar-refractivity contribution in [3.8, 4) is 0 Å². The summed E-state index contributed by atoms with van der Waals surface area (Å²) in [6.07, 6.45) is 0. The van der Waals surface area contributed by atoms with E-state index in [0.717, 1.165) is 11.1 Å². The van der Waals surface area contributed by atoms with Crippen LogP contribution in [0.2, 0.25) is 5.02 Å². The van der Waals surface area contributed by atoms with Crippen LogP contribution in [0.3, 0.4) is 0 Å². The predicted octanol–water partition coefficient (Wildman–Crippen LogP) is 3.25. The number of amides is 2. The maximum Gasteiger partial charge on any atom is 0.313 e. The first-order valence-electron chi connectivity index (χ1n) is 6.84. The van der Waals surface area contributed by atoms with E-state index in [1.54, 1.807) is 25.2 Å². The van der Waals surface area contributed by atoms with Crippen molar-refractivity contribution in [1.29, 1.82) is 0 Å². The highest BCUT2D eigenvalue weighted by molar-refractivity contribution is 6.39. The van der Waals surface area contributed by atoms with E-state index in [-0.39, 0.29) is 0 Å². The van der Waals surface area contributed by atoms with Gasteiger partial charge in [0, 0.05) is 24.3 Å². The molecule has 0 atom stereocenters. The van der Waals surface area contributed by atoms with Gasteiger partial charge in [0.25, 0.3) is 0 Å². The third-order valence-electron chi connectivity index (χ3n) is 3.25. The second-order valence-electron chi connectivity index (χ2n) is 5.06. The minimum atomic E-state index is -0.677. The van der Waals surface area contributed by atoms with Crippen molar-refractivity contribution < 1.29 is 9.59 Å². The molecular formula is C17H17ClN2O2. The van der Waals surface area contributed by atoms with Gasteiger partial charge in [-0.25, -0.2) is 0 Å². The van der Waals surface area contributed by atoms with Crippen LogP contribution in [0, 0.1) is 6.92 Å². The van der Waals surface area contributed by atoms with E-state index >= 15 is 0 Å². The molecule has 0 fully saturated rings. The third-order valence-corrected chi connectivity index (χ3v) is 3.49. The highest BCUT2D eigenvalue weighted by Gasteiger charge is 2.19. The molecule has 0 heterocycles. The topological polar surface area (TPSA) is 49.4 Å². The summed E-state index contributed by atoms with van der Waals surface area (Å²) in [5.74, 6) is -1.27. The van der Waals surface area contributed by atoms with Crippen molar-refractivity contribution in [1.82, 2.24) is 4.90 Å². The van der Waals surface area contributed by atoms with Gasteiger partial charge in [0.15, 0.2) is 0 Å². The molecule has 0 spiro atoms. The number of carbonyl (C=O) groups excluding carboxylic acids is 2. The van der Waals surface area contributed by atoms with Crippen LogP contribution in [-0.4, -0.2) is 23.8 Å². The van der Waals surface area contributed by atoms with Gasteiger partial charge in [-0.05, 0) is 30.2 Å². The molecule has 22 heavy (non-hydrogen) atoms. The predicted molar refractivity (Wildman–Crippen MR) is 87.7 cm³/mol. The van der Waals surface area contributed by atoms with Gasteiger partial charge in [-0.2, -0.15) is 0 Å². The zero-order valence-electron chi connectivity index (χ0n) is 12.5. The SMILES string of the molecule is Cc1ccc(Cl)cc1NC(=O)C(=O)N(C)Cc1ccccc1. The van der Waals surface area contributed by atoms with E-state index in [1.807, 2.05) is 37.3 Å². The summed E-state index contributed by atoms with van der Waals surface area (Å²) in [4.78, 5) is 25.6. The van der Waals surface area contributed by atoms with E-state index in [1.165, 1.54) is 4.90 Å². The Hall–Kier alpha value is -2.33. The summed E-state index contributed by atoms with van der Waals surface area (Å²) in [7, 11) is 1.60. The lowest BCUT2D eigenvalue weighted by atomic mass is 10.2. The molecule has 114 valence electrons. The Morgan fingerprint density at radius 3 is 2.50 bits per heavy atom. The molecule has 0 radical (unpaired) electrons. The highest BCUT2D eigenvalue weighted by atomic mass is 35.5. The Kier molecular flexibility index (Phi) is 5.17. The fourth-order valence-corrected chi connectivity index (χ4v) is 2.18. The summed E-state index contributed by atoms with van der Waals surface area (Å²) in [6, 6.07) is 14.6. The number of nitrogens with zero attached hydrogens (tertiary/aromatic N) is 1. The smallest absolute Gasteiger partial charge is 0.313 e. The Morgan fingerprint density at radius 2 is 1.82 bits per heavy atom. The third kappa shape index (κ3) is 4.09. The van der Waals surface area contributed by atoms with Crippen LogP contribution in [0.1, 0.15) is 11.1 Å². The summed E-state index contributed by atoms with van der Waals surface area (Å²) in [5, 5.41) is 3.11. The quantitative estimate of drug-likeness (QED) is 0.884. The van der Waals surface area contributed by atoms with Gasteiger partial charge < -0.3 is 10.2 Å². The summed E-state index contributed by atoms with van der Waals surface area (Å²) in [6.45, 7) is 2.21. The van der Waals surface area contributed by atoms with Crippen molar-refractivity contribution in [3.05, 3.63) is 64.7 Å². The Balaban J connectivity index is 2.02. The van der Waals surface area contributed by atoms with Crippen LogP contribution >= 0.6 is 11.6 Å². The lowest BCUT2D eigenvalue weighted by Gasteiger charge is -2.17. The molecule has 5 heteroatoms. The van der Waals surface area contributed by atoms with Gasteiger partial charge in [0.2, 0.25) is 0 Å². The molecule has 2 aromatic carbocycles.